The van der Waals surface area contributed by atoms with Crippen LogP contribution in [-0.4, -0.2) is 49.2 Å². The van der Waals surface area contributed by atoms with Crippen molar-refractivity contribution in [1.82, 2.24) is 10.2 Å². The quantitative estimate of drug-likeness (QED) is 0.417. The average molecular weight is 431 g/mol. The predicted octanol–water partition coefficient (Wildman–Crippen LogP) is 4.03. The number of carbonyl (C=O) groups is 1. The maximum Gasteiger partial charge on any atom is 0.209 e. The van der Waals surface area contributed by atoms with Gasteiger partial charge in [-0.05, 0) is 54.8 Å². The van der Waals surface area contributed by atoms with Crippen molar-refractivity contribution in [3.63, 3.8) is 0 Å². The molecule has 30 heavy (non-hydrogen) atoms. The van der Waals surface area contributed by atoms with Crippen molar-refractivity contribution in [2.24, 2.45) is 0 Å². The monoisotopic (exact) mass is 430 g/mol. The minimum Gasteiger partial charge on any atom is -0.492 e. The van der Waals surface area contributed by atoms with Gasteiger partial charge >= 0.3 is 0 Å². The number of ether oxygens (including phenoxy) is 1. The number of furan rings is 1. The molecule has 1 saturated heterocycles. The molecule has 1 fully saturated rings. The molecule has 1 aromatic heterocycles. The van der Waals surface area contributed by atoms with Crippen LogP contribution in [0.2, 0.25) is 5.02 Å². The number of fused-ring (bicyclic) bond motifs is 1. The zero-order chi connectivity index (χ0) is 21.2. The first-order valence-corrected chi connectivity index (χ1v) is 10.5. The Bertz CT molecular complexity index is 924. The molecule has 2 aromatic carbocycles. The molecule has 6 nitrogen and oxygen atoms in total. The summed E-state index contributed by atoms with van der Waals surface area (Å²) in [5.74, 6) is 0.802. The number of nitrogens with zero attached hydrogens (tertiary/aromatic N) is 1. The van der Waals surface area contributed by atoms with Crippen molar-refractivity contribution in [2.45, 2.75) is 18.9 Å². The summed E-state index contributed by atoms with van der Waals surface area (Å²) in [6.45, 7) is 3.56. The fraction of sp³-hybridized carbons (Fsp3) is 0.348. The highest BCUT2D eigenvalue weighted by Gasteiger charge is 2.07. The highest BCUT2D eigenvalue weighted by atomic mass is 35.5. The number of benzene rings is 2. The van der Waals surface area contributed by atoms with Crippen molar-refractivity contribution >= 4 is 29.0 Å². The van der Waals surface area contributed by atoms with Crippen LogP contribution in [0.4, 0.5) is 0 Å². The van der Waals surface area contributed by atoms with Gasteiger partial charge in [0.15, 0.2) is 0 Å². The Morgan fingerprint density at radius 2 is 2.03 bits per heavy atom. The van der Waals surface area contributed by atoms with Gasteiger partial charge < -0.3 is 24.5 Å². The molecular formula is C23H27ClN2O4. The lowest BCUT2D eigenvalue weighted by Crippen LogP contribution is -2.26. The van der Waals surface area contributed by atoms with Gasteiger partial charge in [0.25, 0.3) is 0 Å². The maximum absolute atomic E-state index is 10.1. The summed E-state index contributed by atoms with van der Waals surface area (Å²) < 4.78 is 11.0. The van der Waals surface area contributed by atoms with Crippen molar-refractivity contribution < 1.29 is 19.1 Å². The molecule has 2 N–H and O–H groups in total. The number of aliphatic hydroxyl groups is 1. The van der Waals surface area contributed by atoms with Crippen LogP contribution in [0, 0.1) is 0 Å². The zero-order valence-electron chi connectivity index (χ0n) is 16.8. The number of hydrogen-bond acceptors (Lipinski definition) is 5. The lowest BCUT2D eigenvalue weighted by molar-refractivity contribution is -0.117. The standard InChI is InChI=1S/C18H18ClNO3.C5H9NO/c19-15-3-1-2-13(10-15)17(21)12-20-7-9-22-16-4-5-18-14(11-16)6-8-23-18;7-5-6-3-1-2-4-6/h1-6,8,10-11,17,20-21H,7,9,12H2;5H,1-4H2/t17-;/m0./s1. The highest BCUT2D eigenvalue weighted by molar-refractivity contribution is 6.30. The molecular weight excluding hydrogens is 404 g/mol. The Balaban J connectivity index is 0.000000310. The SMILES string of the molecule is O=CN1CCCC1.O[C@@H](CNCCOc1ccc2occc2c1)c1cccc(Cl)c1. The summed E-state index contributed by atoms with van der Waals surface area (Å²) in [6.07, 6.45) is 4.38. The van der Waals surface area contributed by atoms with E-state index in [1.165, 1.54) is 12.8 Å². The van der Waals surface area contributed by atoms with E-state index in [4.69, 9.17) is 20.8 Å². The summed E-state index contributed by atoms with van der Waals surface area (Å²) in [5.41, 5.74) is 1.65. The molecule has 0 spiro atoms. The van der Waals surface area contributed by atoms with E-state index in [-0.39, 0.29) is 0 Å². The largest absolute Gasteiger partial charge is 0.492 e. The first-order valence-electron chi connectivity index (χ1n) is 10.1. The number of hydrogen-bond donors (Lipinski definition) is 2. The second kappa shape index (κ2) is 11.6. The van der Waals surface area contributed by atoms with Gasteiger partial charge in [0.1, 0.15) is 17.9 Å². The van der Waals surface area contributed by atoms with E-state index in [9.17, 15) is 9.90 Å². The van der Waals surface area contributed by atoms with Crippen LogP contribution in [0.1, 0.15) is 24.5 Å². The fourth-order valence-electron chi connectivity index (χ4n) is 3.19. The molecule has 2 heterocycles. The Kier molecular flexibility index (Phi) is 8.56. The molecule has 1 amide bonds. The van der Waals surface area contributed by atoms with Crippen molar-refractivity contribution in [2.75, 3.05) is 32.8 Å². The summed E-state index contributed by atoms with van der Waals surface area (Å²) in [5, 5.41) is 14.9. The minimum absolute atomic E-state index is 0.449. The molecule has 0 bridgehead atoms. The molecule has 4 rings (SSSR count). The molecule has 160 valence electrons. The summed E-state index contributed by atoms with van der Waals surface area (Å²) in [6, 6.07) is 14.9. The van der Waals surface area contributed by atoms with E-state index in [0.29, 0.717) is 24.7 Å². The number of carbonyl (C=O) groups excluding carboxylic acids is 1. The number of rotatable bonds is 8. The van der Waals surface area contributed by atoms with Crippen molar-refractivity contribution in [1.29, 1.82) is 0 Å². The predicted molar refractivity (Wildman–Crippen MR) is 118 cm³/mol. The normalized spacial score (nSPS) is 14.3. The molecule has 1 aliphatic heterocycles. The second-order valence-corrected chi connectivity index (χ2v) is 7.53. The Morgan fingerprint density at radius 3 is 2.77 bits per heavy atom. The van der Waals surface area contributed by atoms with E-state index < -0.39 is 6.10 Å². The number of nitrogens with one attached hydrogen (secondary N) is 1. The van der Waals surface area contributed by atoms with E-state index in [0.717, 1.165) is 41.8 Å². The smallest absolute Gasteiger partial charge is 0.209 e. The number of amides is 1. The third-order valence-corrected chi connectivity index (χ3v) is 5.07. The summed E-state index contributed by atoms with van der Waals surface area (Å²) in [7, 11) is 0. The Labute approximate surface area is 181 Å². The molecule has 0 radical (unpaired) electrons. The van der Waals surface area contributed by atoms with Crippen LogP contribution < -0.4 is 10.1 Å². The molecule has 1 aliphatic rings. The van der Waals surface area contributed by atoms with Gasteiger partial charge in [0.2, 0.25) is 6.41 Å². The second-order valence-electron chi connectivity index (χ2n) is 7.09. The van der Waals surface area contributed by atoms with Crippen LogP contribution in [0.15, 0.2) is 59.2 Å². The van der Waals surface area contributed by atoms with Gasteiger partial charge in [-0.2, -0.15) is 0 Å². The average Bonchev–Trinajstić information content (AvgIpc) is 3.45. The van der Waals surface area contributed by atoms with Gasteiger partial charge in [0.05, 0.1) is 12.4 Å². The van der Waals surface area contributed by atoms with Gasteiger partial charge in [-0.1, -0.05) is 23.7 Å². The van der Waals surface area contributed by atoms with Gasteiger partial charge in [0, 0.05) is 36.6 Å². The van der Waals surface area contributed by atoms with Gasteiger partial charge in [-0.25, -0.2) is 0 Å². The lowest BCUT2D eigenvalue weighted by atomic mass is 10.1. The number of likely N-dealkylation sites (tertiary alicyclic amines) is 1. The van der Waals surface area contributed by atoms with E-state index in [1.54, 1.807) is 23.3 Å². The number of aliphatic hydroxyl groups excluding tert-OH is 1. The van der Waals surface area contributed by atoms with Gasteiger partial charge in [-0.15, -0.1) is 0 Å². The molecule has 3 aromatic rings. The van der Waals surface area contributed by atoms with E-state index in [2.05, 4.69) is 5.32 Å². The fourth-order valence-corrected chi connectivity index (χ4v) is 3.39. The van der Waals surface area contributed by atoms with E-state index >= 15 is 0 Å². The third-order valence-electron chi connectivity index (χ3n) is 4.83. The van der Waals surface area contributed by atoms with Crippen LogP contribution >= 0.6 is 11.6 Å². The number of halogens is 1. The molecule has 1 atom stereocenters. The first-order chi connectivity index (χ1) is 14.7. The van der Waals surface area contributed by atoms with Crippen LogP contribution in [0.3, 0.4) is 0 Å². The summed E-state index contributed by atoms with van der Waals surface area (Å²) >= 11 is 5.92. The molecule has 0 aliphatic carbocycles. The van der Waals surface area contributed by atoms with Gasteiger partial charge in [-0.3, -0.25) is 4.79 Å². The Morgan fingerprint density at radius 1 is 1.20 bits per heavy atom. The van der Waals surface area contributed by atoms with Crippen LogP contribution in [-0.2, 0) is 4.79 Å². The third kappa shape index (κ3) is 6.76. The van der Waals surface area contributed by atoms with Crippen LogP contribution in [0.25, 0.3) is 11.0 Å². The molecule has 0 unspecified atom stereocenters. The summed E-state index contributed by atoms with van der Waals surface area (Å²) in [4.78, 5) is 11.7. The minimum atomic E-state index is -0.587. The lowest BCUT2D eigenvalue weighted by Gasteiger charge is -2.13. The maximum atomic E-state index is 10.1. The van der Waals surface area contributed by atoms with Crippen molar-refractivity contribution in [3.05, 3.63) is 65.4 Å². The topological polar surface area (TPSA) is 74.9 Å². The van der Waals surface area contributed by atoms with Crippen LogP contribution in [0.5, 0.6) is 5.75 Å². The molecule has 7 heteroatoms. The highest BCUT2D eigenvalue weighted by Crippen LogP contribution is 2.21. The van der Waals surface area contributed by atoms with Crippen molar-refractivity contribution in [3.8, 4) is 5.75 Å². The van der Waals surface area contributed by atoms with E-state index in [1.807, 2.05) is 36.4 Å². The Hall–Kier alpha value is -2.54. The zero-order valence-corrected chi connectivity index (χ0v) is 17.6. The molecule has 0 saturated carbocycles. The first kappa shape index (κ1) is 22.2.